The highest BCUT2D eigenvalue weighted by atomic mass is 16.5. The van der Waals surface area contributed by atoms with Gasteiger partial charge < -0.3 is 9.47 Å². The van der Waals surface area contributed by atoms with Crippen molar-refractivity contribution in [3.63, 3.8) is 0 Å². The molecule has 0 aliphatic heterocycles. The zero-order valence-electron chi connectivity index (χ0n) is 21.0. The first-order valence-electron chi connectivity index (χ1n) is 12.2. The molecular formula is C36H26O2. The number of hydrogen-bond acceptors (Lipinski definition) is 2. The van der Waals surface area contributed by atoms with Gasteiger partial charge in [-0.05, 0) is 60.7 Å². The maximum Gasteiger partial charge on any atom is 0.121 e. The minimum Gasteiger partial charge on any atom is -0.490 e. The van der Waals surface area contributed by atoms with Crippen LogP contribution in [-0.4, -0.2) is 13.2 Å². The van der Waals surface area contributed by atoms with Gasteiger partial charge in [-0.1, -0.05) is 97.2 Å². The van der Waals surface area contributed by atoms with Crippen LogP contribution in [0.1, 0.15) is 33.4 Å². The zero-order valence-corrected chi connectivity index (χ0v) is 21.0. The lowest BCUT2D eigenvalue weighted by Crippen LogP contribution is -1.92. The highest BCUT2D eigenvalue weighted by Crippen LogP contribution is 2.15. The van der Waals surface area contributed by atoms with Crippen LogP contribution in [0.3, 0.4) is 0 Å². The average Bonchev–Trinajstić information content (AvgIpc) is 2.97. The highest BCUT2D eigenvalue weighted by molar-refractivity contribution is 5.58. The number of hydrogen-bond donors (Lipinski definition) is 0. The van der Waals surface area contributed by atoms with E-state index in [1.54, 1.807) is 12.2 Å². The molecule has 0 aliphatic rings. The predicted octanol–water partition coefficient (Wildman–Crippen LogP) is 7.02. The standard InChI is InChI=1S/C36H26O2/c1-3-25-37-35-17-9-11-29(27-35)19-21-31-13-5-7-15-33(31)23-24-34-16-8-6-14-32(34)22-20-30-12-10-18-36(28-30)38-26-4-2/h3-18,27-28H,1-2,25-26H2. The van der Waals surface area contributed by atoms with E-state index in [1.165, 1.54) is 0 Å². The van der Waals surface area contributed by atoms with E-state index in [2.05, 4.69) is 48.7 Å². The number of ether oxygens (including phenoxy) is 2. The molecule has 0 spiro atoms. The van der Waals surface area contributed by atoms with Gasteiger partial charge in [-0.3, -0.25) is 0 Å². The molecule has 0 radical (unpaired) electrons. The summed E-state index contributed by atoms with van der Waals surface area (Å²) in [6.45, 7) is 8.28. The number of rotatable bonds is 6. The summed E-state index contributed by atoms with van der Waals surface area (Å²) in [5.41, 5.74) is 5.17. The Morgan fingerprint density at radius 3 is 1.21 bits per heavy atom. The maximum atomic E-state index is 5.61. The Labute approximate surface area is 225 Å². The largest absolute Gasteiger partial charge is 0.490 e. The van der Waals surface area contributed by atoms with E-state index in [0.717, 1.165) is 44.9 Å². The summed E-state index contributed by atoms with van der Waals surface area (Å²) >= 11 is 0. The normalized spacial score (nSPS) is 9.37. The molecule has 4 aromatic rings. The molecule has 0 N–H and O–H groups in total. The van der Waals surface area contributed by atoms with E-state index >= 15 is 0 Å². The van der Waals surface area contributed by atoms with Gasteiger partial charge in [0.25, 0.3) is 0 Å². The summed E-state index contributed by atoms with van der Waals surface area (Å²) in [6.07, 6.45) is 3.43. The van der Waals surface area contributed by atoms with E-state index in [4.69, 9.17) is 9.47 Å². The van der Waals surface area contributed by atoms with Gasteiger partial charge in [0, 0.05) is 33.4 Å². The van der Waals surface area contributed by atoms with Crippen molar-refractivity contribution in [3.8, 4) is 47.0 Å². The molecule has 4 aromatic carbocycles. The lowest BCUT2D eigenvalue weighted by molar-refractivity contribution is 0.363. The number of benzene rings is 4. The van der Waals surface area contributed by atoms with Gasteiger partial charge in [0.05, 0.1) is 0 Å². The third-order valence-corrected chi connectivity index (χ3v) is 5.27. The first-order valence-corrected chi connectivity index (χ1v) is 12.2. The van der Waals surface area contributed by atoms with E-state index in [9.17, 15) is 0 Å². The third-order valence-electron chi connectivity index (χ3n) is 5.27. The minimum atomic E-state index is 0.456. The second-order valence-electron chi connectivity index (χ2n) is 8.10. The van der Waals surface area contributed by atoms with E-state index < -0.39 is 0 Å². The second-order valence-corrected chi connectivity index (χ2v) is 8.10. The molecule has 0 unspecified atom stereocenters. The van der Waals surface area contributed by atoms with Gasteiger partial charge in [-0.2, -0.15) is 0 Å². The average molecular weight is 491 g/mol. The lowest BCUT2D eigenvalue weighted by Gasteiger charge is -2.02. The zero-order chi connectivity index (χ0) is 26.4. The van der Waals surface area contributed by atoms with Crippen molar-refractivity contribution in [1.82, 2.24) is 0 Å². The van der Waals surface area contributed by atoms with Gasteiger partial charge >= 0.3 is 0 Å². The maximum absolute atomic E-state index is 5.61. The SMILES string of the molecule is C=CCOc1cccc(C#Cc2ccccc2C#Cc2ccccc2C#Cc2cccc(OCC=C)c2)c1. The van der Waals surface area contributed by atoms with Gasteiger partial charge in [0.1, 0.15) is 24.7 Å². The third kappa shape index (κ3) is 7.57. The molecule has 38 heavy (non-hydrogen) atoms. The van der Waals surface area contributed by atoms with E-state index in [-0.39, 0.29) is 0 Å². The molecule has 0 amide bonds. The highest BCUT2D eigenvalue weighted by Gasteiger charge is 1.99. The first-order chi connectivity index (χ1) is 18.7. The Morgan fingerprint density at radius 1 is 0.474 bits per heavy atom. The van der Waals surface area contributed by atoms with E-state index in [1.807, 2.05) is 97.1 Å². The van der Waals surface area contributed by atoms with Gasteiger partial charge in [-0.15, -0.1) is 0 Å². The van der Waals surface area contributed by atoms with Crippen LogP contribution in [-0.2, 0) is 0 Å². The van der Waals surface area contributed by atoms with Crippen LogP contribution < -0.4 is 9.47 Å². The fourth-order valence-electron chi connectivity index (χ4n) is 3.45. The fraction of sp³-hybridized carbons (Fsp3) is 0.0556. The van der Waals surface area contributed by atoms with Crippen molar-refractivity contribution in [1.29, 1.82) is 0 Å². The molecule has 0 aliphatic carbocycles. The van der Waals surface area contributed by atoms with Crippen LogP contribution in [0.25, 0.3) is 0 Å². The molecular weight excluding hydrogens is 464 g/mol. The summed E-state index contributed by atoms with van der Waals surface area (Å²) in [4.78, 5) is 0. The van der Waals surface area contributed by atoms with Crippen molar-refractivity contribution in [3.05, 3.63) is 156 Å². The second kappa shape index (κ2) is 13.7. The predicted molar refractivity (Wildman–Crippen MR) is 155 cm³/mol. The quantitative estimate of drug-likeness (QED) is 0.214. The van der Waals surface area contributed by atoms with Crippen molar-refractivity contribution in [2.75, 3.05) is 13.2 Å². The van der Waals surface area contributed by atoms with Crippen LogP contribution in [0.2, 0.25) is 0 Å². The molecule has 0 saturated heterocycles. The molecule has 0 aromatic heterocycles. The summed E-state index contributed by atoms with van der Waals surface area (Å²) in [6, 6.07) is 31.2. The molecule has 4 rings (SSSR count). The Balaban J connectivity index is 1.58. The van der Waals surface area contributed by atoms with Gasteiger partial charge in [-0.25, -0.2) is 0 Å². The Kier molecular flexibility index (Phi) is 9.24. The van der Waals surface area contributed by atoms with Crippen LogP contribution in [0, 0.1) is 35.5 Å². The van der Waals surface area contributed by atoms with Gasteiger partial charge in [0.15, 0.2) is 0 Å². The summed E-state index contributed by atoms with van der Waals surface area (Å²) in [5.74, 6) is 21.1. The Morgan fingerprint density at radius 2 is 0.842 bits per heavy atom. The van der Waals surface area contributed by atoms with Crippen LogP contribution in [0.4, 0.5) is 0 Å². The monoisotopic (exact) mass is 490 g/mol. The first kappa shape index (κ1) is 25.7. The van der Waals surface area contributed by atoms with Crippen molar-refractivity contribution in [2.45, 2.75) is 0 Å². The minimum absolute atomic E-state index is 0.456. The van der Waals surface area contributed by atoms with Crippen molar-refractivity contribution >= 4 is 0 Å². The smallest absolute Gasteiger partial charge is 0.121 e. The molecule has 0 heterocycles. The van der Waals surface area contributed by atoms with Crippen LogP contribution in [0.15, 0.2) is 122 Å². The Hall–Kier alpha value is -5.36. The molecule has 2 heteroatoms. The fourth-order valence-corrected chi connectivity index (χ4v) is 3.45. The molecule has 0 fully saturated rings. The molecule has 2 nitrogen and oxygen atoms in total. The summed E-state index contributed by atoms with van der Waals surface area (Å²) < 4.78 is 11.2. The van der Waals surface area contributed by atoms with Crippen molar-refractivity contribution in [2.24, 2.45) is 0 Å². The van der Waals surface area contributed by atoms with Crippen LogP contribution in [0.5, 0.6) is 11.5 Å². The molecule has 182 valence electrons. The Bertz CT molecular complexity index is 1500. The van der Waals surface area contributed by atoms with Crippen LogP contribution >= 0.6 is 0 Å². The molecule has 0 bridgehead atoms. The summed E-state index contributed by atoms with van der Waals surface area (Å²) in [5, 5.41) is 0. The van der Waals surface area contributed by atoms with E-state index in [0.29, 0.717) is 13.2 Å². The summed E-state index contributed by atoms with van der Waals surface area (Å²) in [7, 11) is 0. The topological polar surface area (TPSA) is 18.5 Å². The van der Waals surface area contributed by atoms with Gasteiger partial charge in [0.2, 0.25) is 0 Å². The molecule has 0 atom stereocenters. The lowest BCUT2D eigenvalue weighted by atomic mass is 10.0. The molecule has 0 saturated carbocycles. The van der Waals surface area contributed by atoms with Crippen molar-refractivity contribution < 1.29 is 9.47 Å².